The van der Waals surface area contributed by atoms with E-state index in [9.17, 15) is 4.79 Å². The fraction of sp³-hybridized carbons (Fsp3) is 0.929. The molecule has 0 fully saturated rings. The Labute approximate surface area is 107 Å². The van der Waals surface area contributed by atoms with E-state index in [-0.39, 0.29) is 17.4 Å². The quantitative estimate of drug-likeness (QED) is 0.752. The summed E-state index contributed by atoms with van der Waals surface area (Å²) in [7, 11) is 0. The summed E-state index contributed by atoms with van der Waals surface area (Å²) in [4.78, 5) is 11.9. The molecule has 3 nitrogen and oxygen atoms in total. The molecule has 0 saturated heterocycles. The van der Waals surface area contributed by atoms with Crippen molar-refractivity contribution in [2.75, 3.05) is 0 Å². The van der Waals surface area contributed by atoms with E-state index in [1.54, 1.807) is 0 Å². The number of hydrogen-bond acceptors (Lipinski definition) is 2. The van der Waals surface area contributed by atoms with Crippen molar-refractivity contribution >= 4 is 5.91 Å². The molecule has 0 heterocycles. The van der Waals surface area contributed by atoms with Crippen LogP contribution in [0.1, 0.15) is 60.8 Å². The fourth-order valence-electron chi connectivity index (χ4n) is 1.63. The highest BCUT2D eigenvalue weighted by molar-refractivity contribution is 5.82. The highest BCUT2D eigenvalue weighted by Gasteiger charge is 2.27. The average Bonchev–Trinajstić information content (AvgIpc) is 2.14. The minimum absolute atomic E-state index is 0.0328. The van der Waals surface area contributed by atoms with Crippen LogP contribution in [-0.2, 0) is 4.79 Å². The zero-order valence-electron chi connectivity index (χ0n) is 12.3. The average molecular weight is 242 g/mol. The fourth-order valence-corrected chi connectivity index (χ4v) is 1.63. The normalized spacial score (nSPS) is 15.8. The molecular weight excluding hydrogens is 212 g/mol. The van der Waals surface area contributed by atoms with Crippen LogP contribution in [0, 0.1) is 11.3 Å². The number of amides is 1. The maximum Gasteiger partial charge on any atom is 0.237 e. The summed E-state index contributed by atoms with van der Waals surface area (Å²) in [6, 6.07) is -0.218. The molecule has 1 amide bonds. The first-order chi connectivity index (χ1) is 7.64. The Morgan fingerprint density at radius 3 is 2.12 bits per heavy atom. The third kappa shape index (κ3) is 7.37. The van der Waals surface area contributed by atoms with Gasteiger partial charge in [0.25, 0.3) is 0 Å². The van der Waals surface area contributed by atoms with Crippen LogP contribution in [0.2, 0.25) is 0 Å². The van der Waals surface area contributed by atoms with Gasteiger partial charge in [-0.2, -0.15) is 0 Å². The van der Waals surface area contributed by atoms with Crippen LogP contribution >= 0.6 is 0 Å². The summed E-state index contributed by atoms with van der Waals surface area (Å²) in [5.74, 6) is 0.698. The molecule has 0 radical (unpaired) electrons. The zero-order chi connectivity index (χ0) is 13.6. The zero-order valence-corrected chi connectivity index (χ0v) is 12.3. The minimum Gasteiger partial charge on any atom is -0.352 e. The van der Waals surface area contributed by atoms with Gasteiger partial charge in [-0.3, -0.25) is 4.79 Å². The molecule has 0 aromatic heterocycles. The van der Waals surface area contributed by atoms with Gasteiger partial charge in [-0.1, -0.05) is 47.5 Å². The predicted molar refractivity (Wildman–Crippen MR) is 73.7 cm³/mol. The molecule has 0 aromatic carbocycles. The maximum absolute atomic E-state index is 11.9. The van der Waals surface area contributed by atoms with Gasteiger partial charge in [-0.25, -0.2) is 0 Å². The van der Waals surface area contributed by atoms with Gasteiger partial charge < -0.3 is 11.1 Å². The van der Waals surface area contributed by atoms with Gasteiger partial charge in [0.15, 0.2) is 0 Å². The second kappa shape index (κ2) is 7.00. The van der Waals surface area contributed by atoms with Gasteiger partial charge in [-0.15, -0.1) is 0 Å². The van der Waals surface area contributed by atoms with Crippen molar-refractivity contribution in [1.82, 2.24) is 5.32 Å². The van der Waals surface area contributed by atoms with Crippen LogP contribution in [0.5, 0.6) is 0 Å². The predicted octanol–water partition coefficient (Wildman–Crippen LogP) is 2.69. The number of nitrogens with one attached hydrogen (secondary N) is 1. The molecule has 0 rings (SSSR count). The van der Waals surface area contributed by atoms with Crippen LogP contribution in [0.3, 0.4) is 0 Å². The third-order valence-electron chi connectivity index (χ3n) is 3.02. The van der Waals surface area contributed by atoms with E-state index in [0.29, 0.717) is 0 Å². The lowest BCUT2D eigenvalue weighted by Gasteiger charge is -2.27. The summed E-state index contributed by atoms with van der Waals surface area (Å²) in [5, 5.41) is 3.00. The Morgan fingerprint density at radius 1 is 1.18 bits per heavy atom. The third-order valence-corrected chi connectivity index (χ3v) is 3.02. The number of carbonyl (C=O) groups is 1. The van der Waals surface area contributed by atoms with E-state index in [1.807, 2.05) is 27.7 Å². The Balaban J connectivity index is 3.96. The van der Waals surface area contributed by atoms with Crippen molar-refractivity contribution in [3.8, 4) is 0 Å². The molecule has 0 aliphatic heterocycles. The molecule has 0 aliphatic rings. The molecular formula is C14H30N2O. The molecule has 102 valence electrons. The summed E-state index contributed by atoms with van der Waals surface area (Å²) >= 11 is 0. The van der Waals surface area contributed by atoms with Crippen LogP contribution in [0.25, 0.3) is 0 Å². The molecule has 0 saturated carbocycles. The lowest BCUT2D eigenvalue weighted by atomic mass is 9.87. The monoisotopic (exact) mass is 242 g/mol. The molecule has 1 unspecified atom stereocenters. The van der Waals surface area contributed by atoms with Gasteiger partial charge in [0.2, 0.25) is 5.91 Å². The van der Waals surface area contributed by atoms with E-state index in [0.717, 1.165) is 18.8 Å². The van der Waals surface area contributed by atoms with Crippen molar-refractivity contribution in [1.29, 1.82) is 0 Å². The van der Waals surface area contributed by atoms with Gasteiger partial charge in [0.1, 0.15) is 0 Å². The highest BCUT2D eigenvalue weighted by Crippen LogP contribution is 2.17. The summed E-state index contributed by atoms with van der Waals surface area (Å²) < 4.78 is 0. The molecule has 3 N–H and O–H groups in total. The summed E-state index contributed by atoms with van der Waals surface area (Å²) in [6.45, 7) is 12.5. The smallest absolute Gasteiger partial charge is 0.237 e. The number of nitrogens with two attached hydrogens (primary N) is 1. The van der Waals surface area contributed by atoms with E-state index in [1.165, 1.54) is 6.42 Å². The summed E-state index contributed by atoms with van der Waals surface area (Å²) in [5.41, 5.74) is 5.73. The molecule has 2 atom stereocenters. The van der Waals surface area contributed by atoms with E-state index in [2.05, 4.69) is 19.2 Å². The number of rotatable bonds is 6. The summed E-state index contributed by atoms with van der Waals surface area (Å²) in [6.07, 6.45) is 3.40. The minimum atomic E-state index is -0.435. The van der Waals surface area contributed by atoms with Crippen molar-refractivity contribution in [3.05, 3.63) is 0 Å². The van der Waals surface area contributed by atoms with Crippen molar-refractivity contribution in [3.63, 3.8) is 0 Å². The van der Waals surface area contributed by atoms with Gasteiger partial charge >= 0.3 is 0 Å². The van der Waals surface area contributed by atoms with Crippen molar-refractivity contribution < 1.29 is 4.79 Å². The van der Waals surface area contributed by atoms with E-state index < -0.39 is 6.04 Å². The first kappa shape index (κ1) is 16.4. The van der Waals surface area contributed by atoms with Crippen molar-refractivity contribution in [2.45, 2.75) is 72.9 Å². The second-order valence-electron chi connectivity index (χ2n) is 6.58. The lowest BCUT2D eigenvalue weighted by Crippen LogP contribution is -2.50. The first-order valence-corrected chi connectivity index (χ1v) is 6.70. The van der Waals surface area contributed by atoms with Crippen LogP contribution in [-0.4, -0.2) is 18.0 Å². The topological polar surface area (TPSA) is 55.1 Å². The van der Waals surface area contributed by atoms with Gasteiger partial charge in [-0.05, 0) is 24.7 Å². The van der Waals surface area contributed by atoms with Crippen LogP contribution < -0.4 is 11.1 Å². The lowest BCUT2D eigenvalue weighted by molar-refractivity contribution is -0.125. The molecule has 0 aliphatic carbocycles. The molecule has 0 spiro atoms. The van der Waals surface area contributed by atoms with E-state index in [4.69, 9.17) is 5.73 Å². The molecule has 17 heavy (non-hydrogen) atoms. The van der Waals surface area contributed by atoms with E-state index >= 15 is 0 Å². The maximum atomic E-state index is 11.9. The number of carbonyl (C=O) groups excluding carboxylic acids is 1. The van der Waals surface area contributed by atoms with Crippen molar-refractivity contribution in [2.24, 2.45) is 17.1 Å². The Morgan fingerprint density at radius 2 is 1.71 bits per heavy atom. The highest BCUT2D eigenvalue weighted by atomic mass is 16.2. The SMILES string of the molecule is CC(C)CCCC(C)NC(=O)[C@H](N)C(C)(C)C. The largest absolute Gasteiger partial charge is 0.352 e. The van der Waals surface area contributed by atoms with Crippen LogP contribution in [0.15, 0.2) is 0 Å². The Kier molecular flexibility index (Phi) is 6.76. The standard InChI is InChI=1S/C14H30N2O/c1-10(2)8-7-9-11(3)16-13(17)12(15)14(4,5)6/h10-12H,7-9,15H2,1-6H3,(H,16,17)/t11?,12-/m0/s1. The van der Waals surface area contributed by atoms with Crippen LogP contribution in [0.4, 0.5) is 0 Å². The molecule has 3 heteroatoms. The molecule has 0 aromatic rings. The van der Waals surface area contributed by atoms with Gasteiger partial charge in [0.05, 0.1) is 6.04 Å². The second-order valence-corrected chi connectivity index (χ2v) is 6.58. The Bertz CT molecular complexity index is 231. The van der Waals surface area contributed by atoms with Gasteiger partial charge in [0, 0.05) is 6.04 Å². The Hall–Kier alpha value is -0.570. The number of hydrogen-bond donors (Lipinski definition) is 2. The first-order valence-electron chi connectivity index (χ1n) is 6.70. The molecule has 0 bridgehead atoms.